The molecule has 1 heterocycles. The average molecular weight is 391 g/mol. The van der Waals surface area contributed by atoms with E-state index in [0.29, 0.717) is 24.8 Å². The summed E-state index contributed by atoms with van der Waals surface area (Å²) in [7, 11) is 1.42. The van der Waals surface area contributed by atoms with E-state index in [1.54, 1.807) is 18.2 Å². The molecule has 1 amide bonds. The van der Waals surface area contributed by atoms with Gasteiger partial charge in [-0.05, 0) is 23.8 Å². The van der Waals surface area contributed by atoms with Gasteiger partial charge in [0.2, 0.25) is 11.7 Å². The van der Waals surface area contributed by atoms with Gasteiger partial charge < -0.3 is 14.8 Å². The molecular formula is C20H23ClN2O4. The number of halogens is 1. The number of carbonyl (C=O) groups excluding carboxylic acids is 2. The number of carbonyl (C=O) groups is 2. The number of hydrogen-bond donors (Lipinski definition) is 1. The summed E-state index contributed by atoms with van der Waals surface area (Å²) in [6.45, 7) is 3.27. The number of amides is 1. The minimum atomic E-state index is -0.861. The topological polar surface area (TPSA) is 67.9 Å². The van der Waals surface area contributed by atoms with Crippen LogP contribution < -0.4 is 5.32 Å². The van der Waals surface area contributed by atoms with Crippen molar-refractivity contribution in [3.8, 4) is 0 Å². The second-order valence-electron chi connectivity index (χ2n) is 6.42. The Labute approximate surface area is 163 Å². The zero-order valence-corrected chi connectivity index (χ0v) is 15.9. The van der Waals surface area contributed by atoms with Crippen molar-refractivity contribution in [3.63, 3.8) is 0 Å². The van der Waals surface area contributed by atoms with E-state index in [1.807, 2.05) is 24.3 Å². The first-order valence-electron chi connectivity index (χ1n) is 8.92. The van der Waals surface area contributed by atoms with Crippen LogP contribution in [-0.4, -0.2) is 56.5 Å². The van der Waals surface area contributed by atoms with Crippen LogP contribution in [0.3, 0.4) is 0 Å². The Morgan fingerprint density at radius 3 is 2.70 bits per heavy atom. The highest BCUT2D eigenvalue weighted by Crippen LogP contribution is 2.23. The second-order valence-corrected chi connectivity index (χ2v) is 6.86. The van der Waals surface area contributed by atoms with E-state index >= 15 is 0 Å². The summed E-state index contributed by atoms with van der Waals surface area (Å²) in [5.41, 5.74) is 1.06. The summed E-state index contributed by atoms with van der Waals surface area (Å²) in [4.78, 5) is 27.2. The number of morpholine rings is 1. The number of benzene rings is 1. The lowest BCUT2D eigenvalue weighted by Crippen LogP contribution is -2.45. The van der Waals surface area contributed by atoms with Crippen molar-refractivity contribution in [1.82, 2.24) is 10.2 Å². The molecule has 0 bridgehead atoms. The summed E-state index contributed by atoms with van der Waals surface area (Å²) in [5, 5.41) is 3.60. The van der Waals surface area contributed by atoms with Gasteiger partial charge in [0.15, 0.2) is 5.76 Å². The Bertz CT molecular complexity index is 739. The standard InChI is InChI=1S/C20H23ClN2O4/c1-26-18-4-2-3-16(19(18)24)20(25)22-13-17(23-9-11-27-12-10-23)14-5-7-15(21)8-6-14/h2-8,16-17H,9-13H2,1H3,(H,22,25). The highest BCUT2D eigenvalue weighted by molar-refractivity contribution is 6.30. The Kier molecular flexibility index (Phi) is 6.66. The molecule has 0 radical (unpaired) electrons. The molecule has 0 spiro atoms. The SMILES string of the molecule is COC1=CC=CC(C(=O)NCC(c2ccc(Cl)cc2)N2CCOCC2)C1=O. The Hall–Kier alpha value is -2.15. The normalized spacial score (nSPS) is 21.5. The number of ether oxygens (including phenoxy) is 2. The van der Waals surface area contributed by atoms with E-state index in [4.69, 9.17) is 21.1 Å². The van der Waals surface area contributed by atoms with Crippen molar-refractivity contribution in [2.24, 2.45) is 5.92 Å². The lowest BCUT2D eigenvalue weighted by molar-refractivity contribution is -0.132. The zero-order valence-electron chi connectivity index (χ0n) is 15.2. The monoisotopic (exact) mass is 390 g/mol. The van der Waals surface area contributed by atoms with Gasteiger partial charge in [-0.25, -0.2) is 0 Å². The summed E-state index contributed by atoms with van der Waals surface area (Å²) < 4.78 is 10.5. The van der Waals surface area contributed by atoms with E-state index in [9.17, 15) is 9.59 Å². The maximum absolute atomic E-state index is 12.6. The van der Waals surface area contributed by atoms with E-state index in [1.165, 1.54) is 7.11 Å². The van der Waals surface area contributed by atoms with E-state index < -0.39 is 5.92 Å². The fourth-order valence-corrected chi connectivity index (χ4v) is 3.42. The Balaban J connectivity index is 1.69. The van der Waals surface area contributed by atoms with Gasteiger partial charge in [0, 0.05) is 24.7 Å². The van der Waals surface area contributed by atoms with Crippen LogP contribution in [0.4, 0.5) is 0 Å². The molecule has 6 nitrogen and oxygen atoms in total. The van der Waals surface area contributed by atoms with Crippen LogP contribution in [-0.2, 0) is 19.1 Å². The minimum Gasteiger partial charge on any atom is -0.493 e. The Morgan fingerprint density at radius 2 is 2.04 bits per heavy atom. The molecule has 1 saturated heterocycles. The van der Waals surface area contributed by atoms with Gasteiger partial charge in [0.05, 0.1) is 26.4 Å². The molecule has 2 aliphatic rings. The van der Waals surface area contributed by atoms with Crippen molar-refractivity contribution in [3.05, 3.63) is 58.8 Å². The molecule has 1 aromatic carbocycles. The predicted molar refractivity (Wildman–Crippen MR) is 102 cm³/mol. The number of methoxy groups -OCH3 is 1. The van der Waals surface area contributed by atoms with Crippen LogP contribution in [0.1, 0.15) is 11.6 Å². The van der Waals surface area contributed by atoms with Crippen LogP contribution in [0.5, 0.6) is 0 Å². The van der Waals surface area contributed by atoms with Gasteiger partial charge >= 0.3 is 0 Å². The molecular weight excluding hydrogens is 368 g/mol. The molecule has 2 atom stereocenters. The summed E-state index contributed by atoms with van der Waals surface area (Å²) >= 11 is 6.01. The number of nitrogens with one attached hydrogen (secondary N) is 1. The van der Waals surface area contributed by atoms with Gasteiger partial charge in [-0.3, -0.25) is 14.5 Å². The summed E-state index contributed by atoms with van der Waals surface area (Å²) in [6.07, 6.45) is 4.83. The van der Waals surface area contributed by atoms with Crippen LogP contribution in [0.2, 0.25) is 5.02 Å². The average Bonchev–Trinajstić information content (AvgIpc) is 2.70. The molecule has 0 saturated carbocycles. The van der Waals surface area contributed by atoms with Crippen LogP contribution in [0.25, 0.3) is 0 Å². The molecule has 3 rings (SSSR count). The highest BCUT2D eigenvalue weighted by atomic mass is 35.5. The lowest BCUT2D eigenvalue weighted by atomic mass is 9.96. The van der Waals surface area contributed by atoms with E-state index in [0.717, 1.165) is 18.7 Å². The molecule has 1 aliphatic heterocycles. The maximum atomic E-state index is 12.6. The van der Waals surface area contributed by atoms with Crippen LogP contribution in [0.15, 0.2) is 48.3 Å². The number of Topliss-reactive ketones (excluding diaryl/α,β-unsaturated/α-hetero) is 1. The Morgan fingerprint density at radius 1 is 1.33 bits per heavy atom. The van der Waals surface area contributed by atoms with Gasteiger partial charge in [-0.1, -0.05) is 35.9 Å². The molecule has 1 aliphatic carbocycles. The first-order valence-corrected chi connectivity index (χ1v) is 9.29. The van der Waals surface area contributed by atoms with Gasteiger partial charge in [-0.2, -0.15) is 0 Å². The fourth-order valence-electron chi connectivity index (χ4n) is 3.29. The van der Waals surface area contributed by atoms with Gasteiger partial charge in [0.25, 0.3) is 0 Å². The van der Waals surface area contributed by atoms with Crippen molar-refractivity contribution in [2.75, 3.05) is 40.0 Å². The first-order chi connectivity index (χ1) is 13.1. The smallest absolute Gasteiger partial charge is 0.235 e. The number of rotatable bonds is 6. The summed E-state index contributed by atoms with van der Waals surface area (Å²) in [6, 6.07) is 7.60. The minimum absolute atomic E-state index is 0.0183. The number of ketones is 1. The van der Waals surface area contributed by atoms with Crippen molar-refractivity contribution in [1.29, 1.82) is 0 Å². The third-order valence-electron chi connectivity index (χ3n) is 4.79. The van der Waals surface area contributed by atoms with Crippen LogP contribution >= 0.6 is 11.6 Å². The third kappa shape index (κ3) is 4.77. The fraction of sp³-hybridized carbons (Fsp3) is 0.400. The molecule has 7 heteroatoms. The van der Waals surface area contributed by atoms with Crippen molar-refractivity contribution >= 4 is 23.3 Å². The third-order valence-corrected chi connectivity index (χ3v) is 5.04. The number of hydrogen-bond acceptors (Lipinski definition) is 5. The summed E-state index contributed by atoms with van der Waals surface area (Å²) in [5.74, 6) is -1.32. The van der Waals surface area contributed by atoms with Crippen LogP contribution in [0, 0.1) is 5.92 Å². The van der Waals surface area contributed by atoms with Crippen molar-refractivity contribution < 1.29 is 19.1 Å². The molecule has 1 N–H and O–H groups in total. The molecule has 0 aromatic heterocycles. The van der Waals surface area contributed by atoms with E-state index in [-0.39, 0.29) is 23.5 Å². The van der Waals surface area contributed by atoms with Crippen molar-refractivity contribution in [2.45, 2.75) is 6.04 Å². The molecule has 144 valence electrons. The molecule has 27 heavy (non-hydrogen) atoms. The molecule has 2 unspecified atom stereocenters. The zero-order chi connectivity index (χ0) is 19.2. The molecule has 1 aromatic rings. The number of nitrogens with zero attached hydrogens (tertiary/aromatic N) is 1. The predicted octanol–water partition coefficient (Wildman–Crippen LogP) is 2.11. The lowest BCUT2D eigenvalue weighted by Gasteiger charge is -2.35. The second kappa shape index (κ2) is 9.17. The maximum Gasteiger partial charge on any atom is 0.235 e. The highest BCUT2D eigenvalue weighted by Gasteiger charge is 2.30. The largest absolute Gasteiger partial charge is 0.493 e. The quantitative estimate of drug-likeness (QED) is 0.753. The number of allylic oxidation sites excluding steroid dienone is 3. The van der Waals surface area contributed by atoms with Gasteiger partial charge in [-0.15, -0.1) is 0 Å². The van der Waals surface area contributed by atoms with E-state index in [2.05, 4.69) is 10.2 Å². The first kappa shape index (κ1) is 19.6. The molecule has 1 fully saturated rings. The van der Waals surface area contributed by atoms with Gasteiger partial charge in [0.1, 0.15) is 5.92 Å².